The Kier molecular flexibility index (Phi) is 5.01. The van der Waals surface area contributed by atoms with Gasteiger partial charge in [-0.15, -0.1) is 0 Å². The van der Waals surface area contributed by atoms with Crippen molar-refractivity contribution in [2.24, 2.45) is 0 Å². The first-order valence-electron chi connectivity index (χ1n) is 6.93. The Hall–Kier alpha value is -1.68. The third-order valence-electron chi connectivity index (χ3n) is 3.87. The number of carbonyl (C=O) groups is 2. The fraction of sp³-hybridized carbons (Fsp3) is 0.692. The maximum Gasteiger partial charge on any atom is 0.370 e. The topological polar surface area (TPSA) is 148 Å². The van der Waals surface area contributed by atoms with Gasteiger partial charge in [0.1, 0.15) is 24.4 Å². The molecule has 9 nitrogen and oxygen atoms in total. The molecule has 2 heterocycles. The summed E-state index contributed by atoms with van der Waals surface area (Å²) in [4.78, 5) is 24.2. The highest BCUT2D eigenvalue weighted by molar-refractivity contribution is 5.85. The molecule has 0 aliphatic carbocycles. The molecular weight excluding hydrogens is 298 g/mol. The highest BCUT2D eigenvalue weighted by Gasteiger charge is 2.47. The van der Waals surface area contributed by atoms with Gasteiger partial charge in [0, 0.05) is 13.0 Å². The number of hydrogen-bond acceptors (Lipinski definition) is 7. The number of aliphatic carboxylic acids is 1. The van der Waals surface area contributed by atoms with Gasteiger partial charge in [-0.25, -0.2) is 4.79 Å². The fourth-order valence-electron chi connectivity index (χ4n) is 2.77. The number of carbonyl (C=O) groups excluding carboxylic acids is 1. The van der Waals surface area contributed by atoms with Crippen LogP contribution >= 0.6 is 0 Å². The summed E-state index contributed by atoms with van der Waals surface area (Å²) in [6, 6.07) is -1.03. The molecule has 0 aromatic carbocycles. The smallest absolute Gasteiger partial charge is 0.370 e. The first-order chi connectivity index (χ1) is 10.4. The molecule has 0 aromatic heterocycles. The van der Waals surface area contributed by atoms with Crippen molar-refractivity contribution in [1.82, 2.24) is 4.90 Å². The van der Waals surface area contributed by atoms with E-state index >= 15 is 0 Å². The van der Waals surface area contributed by atoms with E-state index in [0.29, 0.717) is 13.0 Å². The molecule has 0 aromatic rings. The minimum Gasteiger partial charge on any atom is -0.478 e. The zero-order valence-electron chi connectivity index (χ0n) is 11.7. The molecule has 1 amide bonds. The quantitative estimate of drug-likeness (QED) is 0.371. The number of likely N-dealkylation sites (tertiary alicyclic amines) is 1. The summed E-state index contributed by atoms with van der Waals surface area (Å²) in [5, 5.41) is 47.7. The summed E-state index contributed by atoms with van der Waals surface area (Å²) in [7, 11) is 0. The van der Waals surface area contributed by atoms with Gasteiger partial charge in [-0.2, -0.15) is 0 Å². The Labute approximate surface area is 126 Å². The summed E-state index contributed by atoms with van der Waals surface area (Å²) >= 11 is 0. The number of carboxylic acids is 1. The van der Waals surface area contributed by atoms with Crippen LogP contribution in [-0.4, -0.2) is 85.9 Å². The standard InChI is InChI=1S/C13H19NO8/c15-5-7(17)11(19)12-10(14-3-1-2-9(14)18)6(16)4-8(22-12)13(20)21/h4,6-7,10-12,15-17,19H,1-3,5H2,(H,20,21)/t6-,7+,10+,11+,12+/m0/s1. The van der Waals surface area contributed by atoms with Gasteiger partial charge in [0.25, 0.3) is 0 Å². The number of nitrogens with zero attached hydrogens (tertiary/aromatic N) is 1. The zero-order valence-corrected chi connectivity index (χ0v) is 11.7. The molecule has 1 saturated heterocycles. The number of ether oxygens (including phenoxy) is 1. The molecule has 5 atom stereocenters. The van der Waals surface area contributed by atoms with E-state index in [-0.39, 0.29) is 12.3 Å². The Morgan fingerprint density at radius 1 is 1.45 bits per heavy atom. The van der Waals surface area contributed by atoms with E-state index in [1.807, 2.05) is 0 Å². The monoisotopic (exact) mass is 317 g/mol. The second kappa shape index (κ2) is 6.61. The van der Waals surface area contributed by atoms with Crippen molar-refractivity contribution >= 4 is 11.9 Å². The van der Waals surface area contributed by atoms with Gasteiger partial charge in [-0.05, 0) is 12.5 Å². The zero-order chi connectivity index (χ0) is 16.4. The number of aliphatic hydroxyl groups is 4. The van der Waals surface area contributed by atoms with Gasteiger partial charge < -0.3 is 35.2 Å². The van der Waals surface area contributed by atoms with Crippen molar-refractivity contribution < 1.29 is 39.9 Å². The van der Waals surface area contributed by atoms with E-state index in [9.17, 15) is 24.9 Å². The Morgan fingerprint density at radius 2 is 2.14 bits per heavy atom. The molecule has 2 aliphatic heterocycles. The van der Waals surface area contributed by atoms with Crippen LogP contribution < -0.4 is 0 Å². The maximum absolute atomic E-state index is 11.9. The molecule has 124 valence electrons. The number of carboxylic acid groups (broad SMARTS) is 1. The summed E-state index contributed by atoms with van der Waals surface area (Å²) in [5.74, 6) is -2.28. The molecule has 0 radical (unpaired) electrons. The van der Waals surface area contributed by atoms with E-state index < -0.39 is 48.8 Å². The van der Waals surface area contributed by atoms with Gasteiger partial charge in [0.2, 0.25) is 11.7 Å². The molecule has 2 aliphatic rings. The van der Waals surface area contributed by atoms with Gasteiger partial charge in [-0.3, -0.25) is 4.79 Å². The highest BCUT2D eigenvalue weighted by Crippen LogP contribution is 2.29. The second-order valence-electron chi connectivity index (χ2n) is 5.33. The predicted molar refractivity (Wildman–Crippen MR) is 70.4 cm³/mol. The average Bonchev–Trinajstić information content (AvgIpc) is 2.90. The molecule has 9 heteroatoms. The summed E-state index contributed by atoms with van der Waals surface area (Å²) in [6.45, 7) is -0.442. The second-order valence-corrected chi connectivity index (χ2v) is 5.33. The number of amides is 1. The van der Waals surface area contributed by atoms with E-state index in [1.54, 1.807) is 0 Å². The first-order valence-corrected chi connectivity index (χ1v) is 6.93. The maximum atomic E-state index is 11.9. The third-order valence-corrected chi connectivity index (χ3v) is 3.87. The fourth-order valence-corrected chi connectivity index (χ4v) is 2.77. The summed E-state index contributed by atoms with van der Waals surface area (Å²) < 4.78 is 5.16. The van der Waals surface area contributed by atoms with Crippen molar-refractivity contribution in [3.8, 4) is 0 Å². The van der Waals surface area contributed by atoms with E-state index in [2.05, 4.69) is 0 Å². The van der Waals surface area contributed by atoms with Gasteiger partial charge in [0.05, 0.1) is 6.61 Å². The number of hydrogen-bond donors (Lipinski definition) is 5. The lowest BCUT2D eigenvalue weighted by molar-refractivity contribution is -0.160. The van der Waals surface area contributed by atoms with Gasteiger partial charge in [0.15, 0.2) is 6.10 Å². The Bertz CT molecular complexity index is 479. The third kappa shape index (κ3) is 3.07. The van der Waals surface area contributed by atoms with Crippen LogP contribution in [0, 0.1) is 0 Å². The Morgan fingerprint density at radius 3 is 2.64 bits per heavy atom. The van der Waals surface area contributed by atoms with Crippen LogP contribution in [0.4, 0.5) is 0 Å². The van der Waals surface area contributed by atoms with Crippen molar-refractivity contribution in [2.45, 2.75) is 43.3 Å². The molecular formula is C13H19NO8. The van der Waals surface area contributed by atoms with Crippen molar-refractivity contribution in [1.29, 1.82) is 0 Å². The van der Waals surface area contributed by atoms with Crippen molar-refractivity contribution in [3.05, 3.63) is 11.8 Å². The minimum absolute atomic E-state index is 0.254. The molecule has 1 fully saturated rings. The van der Waals surface area contributed by atoms with Crippen LogP contribution in [-0.2, 0) is 14.3 Å². The summed E-state index contributed by atoms with van der Waals surface area (Å²) in [5.41, 5.74) is 0. The van der Waals surface area contributed by atoms with Crippen LogP contribution in [0.5, 0.6) is 0 Å². The summed E-state index contributed by atoms with van der Waals surface area (Å²) in [6.07, 6.45) is -4.19. The molecule has 22 heavy (non-hydrogen) atoms. The lowest BCUT2D eigenvalue weighted by Gasteiger charge is -2.42. The predicted octanol–water partition coefficient (Wildman–Crippen LogP) is -2.58. The van der Waals surface area contributed by atoms with Crippen LogP contribution in [0.25, 0.3) is 0 Å². The van der Waals surface area contributed by atoms with E-state index in [0.717, 1.165) is 6.08 Å². The molecule has 2 rings (SSSR count). The van der Waals surface area contributed by atoms with Gasteiger partial charge >= 0.3 is 5.97 Å². The highest BCUT2D eigenvalue weighted by atomic mass is 16.5. The lowest BCUT2D eigenvalue weighted by atomic mass is 9.92. The first kappa shape index (κ1) is 16.7. The van der Waals surface area contributed by atoms with Crippen LogP contribution in [0.2, 0.25) is 0 Å². The van der Waals surface area contributed by atoms with Gasteiger partial charge in [-0.1, -0.05) is 0 Å². The van der Waals surface area contributed by atoms with Crippen molar-refractivity contribution in [2.75, 3.05) is 13.2 Å². The molecule has 5 N–H and O–H groups in total. The largest absolute Gasteiger partial charge is 0.478 e. The van der Waals surface area contributed by atoms with Crippen LogP contribution in [0.15, 0.2) is 11.8 Å². The average molecular weight is 317 g/mol. The van der Waals surface area contributed by atoms with Crippen LogP contribution in [0.1, 0.15) is 12.8 Å². The molecule has 0 spiro atoms. The Balaban J connectivity index is 2.33. The molecule has 0 unspecified atom stereocenters. The normalized spacial score (nSPS) is 31.5. The number of aliphatic hydroxyl groups excluding tert-OH is 4. The minimum atomic E-state index is -1.67. The molecule has 0 bridgehead atoms. The SMILES string of the molecule is O=C(O)C1=C[C@H](O)[C@@H](N2CCCC2=O)[C@H]([C@H](O)[C@H](O)CO)O1. The lowest BCUT2D eigenvalue weighted by Crippen LogP contribution is -2.60. The van der Waals surface area contributed by atoms with E-state index in [4.69, 9.17) is 14.9 Å². The van der Waals surface area contributed by atoms with Crippen molar-refractivity contribution in [3.63, 3.8) is 0 Å². The number of rotatable bonds is 5. The molecule has 0 saturated carbocycles. The van der Waals surface area contributed by atoms with Crippen LogP contribution in [0.3, 0.4) is 0 Å². The van der Waals surface area contributed by atoms with E-state index in [1.165, 1.54) is 4.90 Å².